The van der Waals surface area contributed by atoms with Gasteiger partial charge in [0.1, 0.15) is 5.75 Å². The summed E-state index contributed by atoms with van der Waals surface area (Å²) >= 11 is 6.13. The third kappa shape index (κ3) is 5.21. The molecule has 1 aliphatic heterocycles. The molecule has 0 fully saturated rings. The highest BCUT2D eigenvalue weighted by molar-refractivity contribution is 6.30. The zero-order valence-corrected chi connectivity index (χ0v) is 22.6. The van der Waals surface area contributed by atoms with E-state index < -0.39 is 6.04 Å². The number of methoxy groups -OCH3 is 1. The molecule has 5 rings (SSSR count). The Morgan fingerprint density at radius 1 is 1.00 bits per heavy atom. The lowest BCUT2D eigenvalue weighted by Crippen LogP contribution is -2.38. The third-order valence-electron chi connectivity index (χ3n) is 7.50. The summed E-state index contributed by atoms with van der Waals surface area (Å²) in [7, 11) is 1.63. The molecule has 0 bridgehead atoms. The number of amides is 1. The normalized spacial score (nSPS) is 18.8. The number of fused-ring (bicyclic) bond motifs is 1. The number of rotatable bonds is 7. The van der Waals surface area contributed by atoms with Crippen LogP contribution in [0.2, 0.25) is 5.02 Å². The number of unbranched alkanes of at least 4 members (excludes halogenated alkanes) is 2. The van der Waals surface area contributed by atoms with Gasteiger partial charge in [0.25, 0.3) is 0 Å². The topological polar surface area (TPSA) is 58.6 Å². The van der Waals surface area contributed by atoms with E-state index in [2.05, 4.69) is 12.2 Å². The average molecular weight is 529 g/mol. The van der Waals surface area contributed by atoms with Crippen LogP contribution in [0.15, 0.2) is 84.1 Å². The molecule has 1 N–H and O–H groups in total. The van der Waals surface area contributed by atoms with Gasteiger partial charge in [0.05, 0.1) is 24.5 Å². The Balaban J connectivity index is 1.67. The van der Waals surface area contributed by atoms with E-state index in [9.17, 15) is 9.59 Å². The van der Waals surface area contributed by atoms with Crippen molar-refractivity contribution in [2.75, 3.05) is 17.3 Å². The van der Waals surface area contributed by atoms with Crippen molar-refractivity contribution >= 4 is 34.7 Å². The summed E-state index contributed by atoms with van der Waals surface area (Å²) in [6.07, 6.45) is 4.29. The standard InChI is InChI=1S/C32H33ClN2O3/c1-3-4-5-13-30(37)35-28-12-7-6-11-26(28)34-27-19-23(21-14-16-24(33)17-15-21)20-29(36)31(27)32(35)22-9-8-10-25(18-22)38-2/h6-12,14-18,23,32,34H,3-5,13,19-20H2,1-2H3. The second-order valence-corrected chi connectivity index (χ2v) is 10.5. The van der Waals surface area contributed by atoms with E-state index in [0.717, 1.165) is 47.5 Å². The fourth-order valence-corrected chi connectivity index (χ4v) is 5.74. The van der Waals surface area contributed by atoms with Gasteiger partial charge in [-0.2, -0.15) is 0 Å². The summed E-state index contributed by atoms with van der Waals surface area (Å²) in [5.74, 6) is 0.777. The smallest absolute Gasteiger partial charge is 0.227 e. The molecule has 1 amide bonds. The molecule has 38 heavy (non-hydrogen) atoms. The molecule has 3 aromatic rings. The Hall–Kier alpha value is -3.57. The molecule has 2 unspecified atom stereocenters. The van der Waals surface area contributed by atoms with Crippen molar-refractivity contribution in [1.29, 1.82) is 0 Å². The molecule has 0 saturated carbocycles. The predicted octanol–water partition coefficient (Wildman–Crippen LogP) is 7.83. The van der Waals surface area contributed by atoms with Gasteiger partial charge in [0, 0.05) is 29.1 Å². The SMILES string of the molecule is CCCCCC(=O)N1c2ccccc2NC2=C(C(=O)CC(c3ccc(Cl)cc3)C2)C1c1cccc(OC)c1. The number of hydrogen-bond donors (Lipinski definition) is 1. The van der Waals surface area contributed by atoms with Crippen molar-refractivity contribution in [3.63, 3.8) is 0 Å². The summed E-state index contributed by atoms with van der Waals surface area (Å²) in [5, 5.41) is 4.26. The second-order valence-electron chi connectivity index (χ2n) is 10.0. The van der Waals surface area contributed by atoms with Crippen LogP contribution < -0.4 is 15.0 Å². The molecule has 0 aromatic heterocycles. The molecule has 0 radical (unpaired) electrons. The number of nitrogens with one attached hydrogen (secondary N) is 1. The van der Waals surface area contributed by atoms with Crippen molar-refractivity contribution in [3.8, 4) is 5.75 Å². The molecule has 6 heteroatoms. The highest BCUT2D eigenvalue weighted by Gasteiger charge is 2.41. The number of carbonyl (C=O) groups excluding carboxylic acids is 2. The van der Waals surface area contributed by atoms with E-state index in [-0.39, 0.29) is 17.6 Å². The van der Waals surface area contributed by atoms with Crippen molar-refractivity contribution in [2.24, 2.45) is 0 Å². The minimum atomic E-state index is -0.552. The van der Waals surface area contributed by atoms with E-state index in [1.807, 2.05) is 77.7 Å². The van der Waals surface area contributed by atoms with Crippen molar-refractivity contribution < 1.29 is 14.3 Å². The minimum Gasteiger partial charge on any atom is -0.497 e. The quantitative estimate of drug-likeness (QED) is 0.317. The second kappa shape index (κ2) is 11.4. The molecule has 5 nitrogen and oxygen atoms in total. The summed E-state index contributed by atoms with van der Waals surface area (Å²) in [6.45, 7) is 2.13. The Morgan fingerprint density at radius 3 is 2.55 bits per heavy atom. The summed E-state index contributed by atoms with van der Waals surface area (Å²) in [5.41, 5.74) is 5.08. The number of hydrogen-bond acceptors (Lipinski definition) is 4. The van der Waals surface area contributed by atoms with E-state index in [4.69, 9.17) is 16.3 Å². The van der Waals surface area contributed by atoms with Gasteiger partial charge < -0.3 is 10.1 Å². The van der Waals surface area contributed by atoms with Crippen LogP contribution in [0, 0.1) is 0 Å². The number of nitrogens with zero attached hydrogens (tertiary/aromatic N) is 1. The first kappa shape index (κ1) is 26.1. The minimum absolute atomic E-state index is 0.0156. The Kier molecular flexibility index (Phi) is 7.85. The van der Waals surface area contributed by atoms with E-state index in [1.54, 1.807) is 7.11 Å². The summed E-state index contributed by atoms with van der Waals surface area (Å²) in [6, 6.07) is 22.8. The van der Waals surface area contributed by atoms with E-state index in [1.165, 1.54) is 0 Å². The molecule has 196 valence electrons. The van der Waals surface area contributed by atoms with Gasteiger partial charge in [-0.05, 0) is 66.3 Å². The number of anilines is 2. The van der Waals surface area contributed by atoms with E-state index >= 15 is 0 Å². The zero-order chi connectivity index (χ0) is 26.6. The molecule has 2 atom stereocenters. The van der Waals surface area contributed by atoms with Crippen LogP contribution in [0.1, 0.15) is 68.5 Å². The first-order valence-corrected chi connectivity index (χ1v) is 13.7. The molecular weight excluding hydrogens is 496 g/mol. The number of halogens is 1. The number of allylic oxidation sites excluding steroid dienone is 1. The van der Waals surface area contributed by atoms with Crippen molar-refractivity contribution in [2.45, 2.75) is 57.4 Å². The van der Waals surface area contributed by atoms with Crippen molar-refractivity contribution in [3.05, 3.63) is 100 Å². The summed E-state index contributed by atoms with van der Waals surface area (Å²) in [4.78, 5) is 29.8. The first-order valence-electron chi connectivity index (χ1n) is 13.3. The number of ketones is 1. The fourth-order valence-electron chi connectivity index (χ4n) is 5.61. The van der Waals surface area contributed by atoms with Crippen LogP contribution in [-0.4, -0.2) is 18.8 Å². The number of ether oxygens (including phenoxy) is 1. The largest absolute Gasteiger partial charge is 0.497 e. The van der Waals surface area contributed by atoms with Gasteiger partial charge in [0.15, 0.2) is 5.78 Å². The molecule has 2 aliphatic rings. The van der Waals surface area contributed by atoms with Gasteiger partial charge in [-0.25, -0.2) is 0 Å². The van der Waals surface area contributed by atoms with Crippen LogP contribution in [0.3, 0.4) is 0 Å². The van der Waals surface area contributed by atoms with Crippen molar-refractivity contribution in [1.82, 2.24) is 0 Å². The fraction of sp³-hybridized carbons (Fsp3) is 0.312. The maximum atomic E-state index is 14.1. The van der Waals surface area contributed by atoms with Crippen LogP contribution >= 0.6 is 11.6 Å². The molecule has 1 heterocycles. The number of para-hydroxylation sites is 2. The molecular formula is C32H33ClN2O3. The van der Waals surface area contributed by atoms with Crippen LogP contribution in [-0.2, 0) is 9.59 Å². The Bertz CT molecular complexity index is 1370. The van der Waals surface area contributed by atoms with Gasteiger partial charge in [-0.3, -0.25) is 14.5 Å². The molecule has 1 aliphatic carbocycles. The maximum absolute atomic E-state index is 14.1. The monoisotopic (exact) mass is 528 g/mol. The molecule has 0 saturated heterocycles. The third-order valence-corrected chi connectivity index (χ3v) is 7.75. The lowest BCUT2D eigenvalue weighted by molar-refractivity contribution is -0.119. The lowest BCUT2D eigenvalue weighted by Gasteiger charge is -2.35. The maximum Gasteiger partial charge on any atom is 0.227 e. The number of benzene rings is 3. The molecule has 0 spiro atoms. The van der Waals surface area contributed by atoms with Gasteiger partial charge in [0.2, 0.25) is 5.91 Å². The van der Waals surface area contributed by atoms with Crippen LogP contribution in [0.4, 0.5) is 11.4 Å². The summed E-state index contributed by atoms with van der Waals surface area (Å²) < 4.78 is 5.54. The van der Waals surface area contributed by atoms with Crippen LogP contribution in [0.5, 0.6) is 5.75 Å². The first-order chi connectivity index (χ1) is 18.5. The predicted molar refractivity (Wildman–Crippen MR) is 153 cm³/mol. The lowest BCUT2D eigenvalue weighted by atomic mass is 9.78. The van der Waals surface area contributed by atoms with Gasteiger partial charge in [-0.1, -0.05) is 67.8 Å². The Morgan fingerprint density at radius 2 is 1.79 bits per heavy atom. The average Bonchev–Trinajstić information content (AvgIpc) is 3.08. The Labute approximate surface area is 229 Å². The van der Waals surface area contributed by atoms with Gasteiger partial charge >= 0.3 is 0 Å². The highest BCUT2D eigenvalue weighted by atomic mass is 35.5. The zero-order valence-electron chi connectivity index (χ0n) is 21.9. The van der Waals surface area contributed by atoms with Gasteiger partial charge in [-0.15, -0.1) is 0 Å². The highest BCUT2D eigenvalue weighted by Crippen LogP contribution is 2.48. The molecule has 3 aromatic carbocycles. The number of Topliss-reactive ketones (excluding diaryl/α,β-unsaturated/α-hetero) is 1. The van der Waals surface area contributed by atoms with E-state index in [0.29, 0.717) is 35.6 Å². The number of carbonyl (C=O) groups is 2. The van der Waals surface area contributed by atoms with Crippen LogP contribution in [0.25, 0.3) is 0 Å².